The van der Waals surface area contributed by atoms with Crippen molar-refractivity contribution in [3.05, 3.63) is 34.9 Å². The van der Waals surface area contributed by atoms with Gasteiger partial charge in [-0.05, 0) is 36.5 Å². The average Bonchev–Trinajstić information content (AvgIpc) is 2.02. The van der Waals surface area contributed by atoms with Gasteiger partial charge in [-0.3, -0.25) is 0 Å². The Morgan fingerprint density at radius 1 is 1.15 bits per heavy atom. The molecule has 1 unspecified atom stereocenters. The lowest BCUT2D eigenvalue weighted by atomic mass is 9.91. The molecule has 0 saturated carbocycles. The minimum Gasteiger partial charge on any atom is -0.389 e. The Bertz CT molecular complexity index is 287. The van der Waals surface area contributed by atoms with Gasteiger partial charge in [0.15, 0.2) is 0 Å². The highest BCUT2D eigenvalue weighted by molar-refractivity contribution is 5.37. The summed E-state index contributed by atoms with van der Waals surface area (Å²) in [7, 11) is 0. The molecule has 1 aromatic rings. The molecule has 0 saturated heterocycles. The monoisotopic (exact) mass is 178 g/mol. The highest BCUT2D eigenvalue weighted by Gasteiger charge is 2.12. The zero-order valence-corrected chi connectivity index (χ0v) is 8.83. The molecule has 72 valence electrons. The van der Waals surface area contributed by atoms with Crippen molar-refractivity contribution >= 4 is 0 Å². The SMILES string of the molecule is Cc1cccc(C(C)C)c1C(C)O. The Morgan fingerprint density at radius 2 is 1.77 bits per heavy atom. The van der Waals surface area contributed by atoms with Gasteiger partial charge in [-0.15, -0.1) is 0 Å². The van der Waals surface area contributed by atoms with E-state index in [2.05, 4.69) is 26.0 Å². The van der Waals surface area contributed by atoms with E-state index >= 15 is 0 Å². The summed E-state index contributed by atoms with van der Waals surface area (Å²) >= 11 is 0. The number of aliphatic hydroxyl groups excluding tert-OH is 1. The summed E-state index contributed by atoms with van der Waals surface area (Å²) in [5.41, 5.74) is 3.54. The first-order chi connectivity index (χ1) is 6.04. The molecule has 0 aromatic heterocycles. The van der Waals surface area contributed by atoms with E-state index in [0.29, 0.717) is 5.92 Å². The second kappa shape index (κ2) is 3.93. The maximum atomic E-state index is 9.63. The van der Waals surface area contributed by atoms with Crippen LogP contribution in [0.15, 0.2) is 18.2 Å². The molecule has 0 amide bonds. The number of aliphatic hydroxyl groups is 1. The molecule has 1 nitrogen and oxygen atoms in total. The largest absolute Gasteiger partial charge is 0.389 e. The van der Waals surface area contributed by atoms with E-state index in [1.54, 1.807) is 0 Å². The molecule has 1 N–H and O–H groups in total. The molecule has 0 aliphatic carbocycles. The van der Waals surface area contributed by atoms with Gasteiger partial charge in [-0.2, -0.15) is 0 Å². The maximum absolute atomic E-state index is 9.63. The second-order valence-electron chi connectivity index (χ2n) is 3.91. The van der Waals surface area contributed by atoms with Crippen molar-refractivity contribution in [1.29, 1.82) is 0 Å². The first-order valence-corrected chi connectivity index (χ1v) is 4.81. The maximum Gasteiger partial charge on any atom is 0.0767 e. The van der Waals surface area contributed by atoms with Gasteiger partial charge in [0.05, 0.1) is 6.10 Å². The third-order valence-corrected chi connectivity index (χ3v) is 2.40. The topological polar surface area (TPSA) is 20.2 Å². The van der Waals surface area contributed by atoms with Gasteiger partial charge in [0.25, 0.3) is 0 Å². The van der Waals surface area contributed by atoms with Gasteiger partial charge in [-0.25, -0.2) is 0 Å². The molecular weight excluding hydrogens is 160 g/mol. The molecule has 1 atom stereocenters. The van der Waals surface area contributed by atoms with E-state index < -0.39 is 0 Å². The van der Waals surface area contributed by atoms with Gasteiger partial charge in [-0.1, -0.05) is 32.0 Å². The minimum atomic E-state index is -0.362. The van der Waals surface area contributed by atoms with E-state index in [1.165, 1.54) is 11.1 Å². The fraction of sp³-hybridized carbons (Fsp3) is 0.500. The summed E-state index contributed by atoms with van der Waals surface area (Å²) in [6, 6.07) is 6.20. The van der Waals surface area contributed by atoms with Crippen LogP contribution in [-0.4, -0.2) is 5.11 Å². The Labute approximate surface area is 80.4 Å². The Morgan fingerprint density at radius 3 is 2.15 bits per heavy atom. The van der Waals surface area contributed by atoms with Gasteiger partial charge < -0.3 is 5.11 Å². The number of hydrogen-bond donors (Lipinski definition) is 1. The smallest absolute Gasteiger partial charge is 0.0767 e. The molecular formula is C12H18O. The molecule has 0 heterocycles. The van der Waals surface area contributed by atoms with Crippen molar-refractivity contribution in [2.45, 2.75) is 39.7 Å². The van der Waals surface area contributed by atoms with Crippen molar-refractivity contribution in [1.82, 2.24) is 0 Å². The third-order valence-electron chi connectivity index (χ3n) is 2.40. The summed E-state index contributed by atoms with van der Waals surface area (Å²) in [6.45, 7) is 8.18. The number of hydrogen-bond acceptors (Lipinski definition) is 1. The highest BCUT2D eigenvalue weighted by Crippen LogP contribution is 2.27. The van der Waals surface area contributed by atoms with Gasteiger partial charge in [0, 0.05) is 0 Å². The van der Waals surface area contributed by atoms with Crippen molar-refractivity contribution in [2.75, 3.05) is 0 Å². The van der Waals surface area contributed by atoms with Crippen LogP contribution >= 0.6 is 0 Å². The van der Waals surface area contributed by atoms with Crippen LogP contribution in [0.4, 0.5) is 0 Å². The lowest BCUT2D eigenvalue weighted by Gasteiger charge is -2.17. The summed E-state index contributed by atoms with van der Waals surface area (Å²) < 4.78 is 0. The molecule has 1 heteroatoms. The van der Waals surface area contributed by atoms with E-state index in [-0.39, 0.29) is 6.10 Å². The molecule has 0 aliphatic heterocycles. The molecule has 0 radical (unpaired) electrons. The van der Waals surface area contributed by atoms with Crippen LogP contribution in [0.5, 0.6) is 0 Å². The van der Waals surface area contributed by atoms with Crippen LogP contribution in [0.25, 0.3) is 0 Å². The van der Waals surface area contributed by atoms with Gasteiger partial charge >= 0.3 is 0 Å². The lowest BCUT2D eigenvalue weighted by Crippen LogP contribution is -2.02. The summed E-state index contributed by atoms with van der Waals surface area (Å²) in [5, 5.41) is 9.63. The molecule has 0 aliphatic rings. The van der Waals surface area contributed by atoms with Crippen LogP contribution in [0.1, 0.15) is 49.5 Å². The van der Waals surface area contributed by atoms with Crippen molar-refractivity contribution in [2.24, 2.45) is 0 Å². The lowest BCUT2D eigenvalue weighted by molar-refractivity contribution is 0.197. The van der Waals surface area contributed by atoms with Crippen LogP contribution < -0.4 is 0 Å². The zero-order chi connectivity index (χ0) is 10.0. The molecule has 0 fully saturated rings. The van der Waals surface area contributed by atoms with Crippen LogP contribution in [0.3, 0.4) is 0 Å². The Hall–Kier alpha value is -0.820. The molecule has 1 aromatic carbocycles. The highest BCUT2D eigenvalue weighted by atomic mass is 16.3. The quantitative estimate of drug-likeness (QED) is 0.737. The Balaban J connectivity index is 3.26. The molecule has 0 spiro atoms. The number of rotatable bonds is 2. The molecule has 0 bridgehead atoms. The summed E-state index contributed by atoms with van der Waals surface area (Å²) in [6.07, 6.45) is -0.362. The predicted molar refractivity (Wildman–Crippen MR) is 55.9 cm³/mol. The second-order valence-corrected chi connectivity index (χ2v) is 3.91. The van der Waals surface area contributed by atoms with Crippen molar-refractivity contribution in [3.8, 4) is 0 Å². The minimum absolute atomic E-state index is 0.362. The van der Waals surface area contributed by atoms with E-state index in [1.807, 2.05) is 19.9 Å². The van der Waals surface area contributed by atoms with Crippen molar-refractivity contribution < 1.29 is 5.11 Å². The molecule has 13 heavy (non-hydrogen) atoms. The first-order valence-electron chi connectivity index (χ1n) is 4.81. The fourth-order valence-corrected chi connectivity index (χ4v) is 1.78. The number of aryl methyl sites for hydroxylation is 1. The van der Waals surface area contributed by atoms with Crippen LogP contribution in [-0.2, 0) is 0 Å². The van der Waals surface area contributed by atoms with Crippen LogP contribution in [0.2, 0.25) is 0 Å². The number of benzene rings is 1. The summed E-state index contributed by atoms with van der Waals surface area (Å²) in [5.74, 6) is 0.476. The van der Waals surface area contributed by atoms with Crippen molar-refractivity contribution in [3.63, 3.8) is 0 Å². The standard InChI is InChI=1S/C12H18O/c1-8(2)11-7-5-6-9(3)12(11)10(4)13/h5-8,10,13H,1-4H3. The third kappa shape index (κ3) is 2.10. The fourth-order valence-electron chi connectivity index (χ4n) is 1.78. The zero-order valence-electron chi connectivity index (χ0n) is 8.83. The van der Waals surface area contributed by atoms with Gasteiger partial charge in [0.1, 0.15) is 0 Å². The summed E-state index contributed by atoms with van der Waals surface area (Å²) in [4.78, 5) is 0. The molecule has 1 rings (SSSR count). The van der Waals surface area contributed by atoms with E-state index in [0.717, 1.165) is 5.56 Å². The predicted octanol–water partition coefficient (Wildman–Crippen LogP) is 3.17. The normalized spacial score (nSPS) is 13.4. The average molecular weight is 178 g/mol. The van der Waals surface area contributed by atoms with E-state index in [9.17, 15) is 5.11 Å². The van der Waals surface area contributed by atoms with E-state index in [4.69, 9.17) is 0 Å². The Kier molecular flexibility index (Phi) is 3.10. The first kappa shape index (κ1) is 10.3. The van der Waals surface area contributed by atoms with Gasteiger partial charge in [0.2, 0.25) is 0 Å². The van der Waals surface area contributed by atoms with Crippen LogP contribution in [0, 0.1) is 6.92 Å².